The van der Waals surface area contributed by atoms with Crippen molar-refractivity contribution in [1.82, 2.24) is 10.2 Å². The third-order valence-electron chi connectivity index (χ3n) is 5.33. The number of piperidine rings is 1. The molecule has 0 bridgehead atoms. The van der Waals surface area contributed by atoms with Gasteiger partial charge in [-0.15, -0.1) is 0 Å². The Morgan fingerprint density at radius 2 is 1.97 bits per heavy atom. The molecule has 1 fully saturated rings. The number of fused-ring (bicyclic) bond motifs is 1. The second-order valence-corrected chi connectivity index (χ2v) is 7.09. The number of anilines is 1. The van der Waals surface area contributed by atoms with Crippen molar-refractivity contribution in [3.63, 3.8) is 0 Å². The van der Waals surface area contributed by atoms with E-state index in [0.717, 1.165) is 16.8 Å². The first-order chi connectivity index (χ1) is 14.9. The van der Waals surface area contributed by atoms with Gasteiger partial charge in [0.05, 0.1) is 15.6 Å². The van der Waals surface area contributed by atoms with Gasteiger partial charge >= 0.3 is 0 Å². The van der Waals surface area contributed by atoms with Crippen LogP contribution in [-0.4, -0.2) is 42.9 Å². The van der Waals surface area contributed by atoms with Crippen molar-refractivity contribution >= 4 is 23.4 Å². The van der Waals surface area contributed by atoms with E-state index in [-0.39, 0.29) is 25.3 Å². The number of methoxy groups -OCH3 is 2. The molecule has 2 N–H and O–H groups in total. The van der Waals surface area contributed by atoms with E-state index in [1.807, 2.05) is 24.3 Å². The zero-order chi connectivity index (χ0) is 22.2. The van der Waals surface area contributed by atoms with Crippen molar-refractivity contribution in [2.24, 2.45) is 0 Å². The number of carbonyl (C=O) groups excluding carboxylic acids is 3. The Kier molecular flexibility index (Phi) is 4.96. The first kappa shape index (κ1) is 18.5. The Hall–Kier alpha value is -3.55. The predicted molar refractivity (Wildman–Crippen MR) is 109 cm³/mol. The molecule has 2 aliphatic heterocycles. The van der Waals surface area contributed by atoms with Crippen LogP contribution in [0.4, 0.5) is 5.69 Å². The summed E-state index contributed by atoms with van der Waals surface area (Å²) in [6.45, 7) is 0.598. The number of hydrogen-bond donors (Lipinski definition) is 2. The van der Waals surface area contributed by atoms with E-state index in [0.29, 0.717) is 23.6 Å². The van der Waals surface area contributed by atoms with Crippen LogP contribution in [0.2, 0.25) is 0 Å². The summed E-state index contributed by atoms with van der Waals surface area (Å²) in [6.07, 6.45) is 0.00553. The van der Waals surface area contributed by atoms with Crippen LogP contribution >= 0.6 is 0 Å². The number of imide groups is 1. The topological polar surface area (TPSA) is 97.0 Å². The average Bonchev–Trinajstić information content (AvgIpc) is 3.12. The predicted octanol–water partition coefficient (Wildman–Crippen LogP) is 2.08. The van der Waals surface area contributed by atoms with Crippen LogP contribution in [0.15, 0.2) is 36.4 Å². The van der Waals surface area contributed by atoms with Gasteiger partial charge in [0.2, 0.25) is 11.8 Å². The Labute approximate surface area is 175 Å². The minimum atomic E-state index is -1.80. The van der Waals surface area contributed by atoms with Gasteiger partial charge in [-0.1, -0.05) is 12.1 Å². The number of carbonyl (C=O) groups is 3. The molecule has 156 valence electrons. The molecular formula is C22H23N3O5. The molecule has 1 saturated heterocycles. The molecule has 0 saturated carbocycles. The highest BCUT2D eigenvalue weighted by Gasteiger charge is 2.39. The van der Waals surface area contributed by atoms with Gasteiger partial charge in [0, 0.05) is 36.3 Å². The SMILES string of the molecule is [2H]C1(N2Cc3c(NCc4ccc(OC)c(OC)c4)cccc3C2=O)CCC(=O)NC1=O. The van der Waals surface area contributed by atoms with Gasteiger partial charge in [-0.05, 0) is 36.2 Å². The maximum atomic E-state index is 13.0. The number of hydrogen-bond acceptors (Lipinski definition) is 6. The average molecular weight is 410 g/mol. The third kappa shape index (κ3) is 3.56. The summed E-state index contributed by atoms with van der Waals surface area (Å²) in [4.78, 5) is 38.1. The molecule has 1 atom stereocenters. The van der Waals surface area contributed by atoms with Crippen molar-refractivity contribution < 1.29 is 25.2 Å². The van der Waals surface area contributed by atoms with Gasteiger partial charge in [0.1, 0.15) is 6.02 Å². The molecule has 0 spiro atoms. The largest absolute Gasteiger partial charge is 0.493 e. The zero-order valence-electron chi connectivity index (χ0n) is 17.8. The standard InChI is InChI=1S/C22H23N3O5/c1-29-18-8-6-13(10-19(18)30-2)11-23-16-5-3-4-14-15(16)12-25(22(14)28)17-7-9-20(26)24-21(17)27/h3-6,8,10,17,23H,7,9,11-12H2,1-2H3,(H,24,26,27)/i17D. The quantitative estimate of drug-likeness (QED) is 0.708. The minimum Gasteiger partial charge on any atom is -0.493 e. The molecule has 8 heteroatoms. The number of amides is 3. The van der Waals surface area contributed by atoms with Crippen LogP contribution in [-0.2, 0) is 22.7 Å². The molecule has 1 unspecified atom stereocenters. The molecule has 0 aliphatic carbocycles. The fourth-order valence-corrected chi connectivity index (χ4v) is 3.77. The van der Waals surface area contributed by atoms with E-state index >= 15 is 0 Å². The molecular weight excluding hydrogens is 386 g/mol. The first-order valence-corrected chi connectivity index (χ1v) is 9.60. The minimum absolute atomic E-state index is 0.0220. The summed E-state index contributed by atoms with van der Waals surface area (Å²) >= 11 is 0. The normalized spacial score (nSPS) is 21.1. The van der Waals surface area contributed by atoms with E-state index in [4.69, 9.17) is 10.8 Å². The van der Waals surface area contributed by atoms with E-state index in [2.05, 4.69) is 10.6 Å². The summed E-state index contributed by atoms with van der Waals surface area (Å²) in [7, 11) is 3.15. The van der Waals surface area contributed by atoms with Gasteiger partial charge in [0.15, 0.2) is 11.5 Å². The molecule has 4 rings (SSSR count). The highest BCUT2D eigenvalue weighted by Crippen LogP contribution is 2.33. The van der Waals surface area contributed by atoms with Crippen LogP contribution < -0.4 is 20.1 Å². The Bertz CT molecular complexity index is 1070. The lowest BCUT2D eigenvalue weighted by Gasteiger charge is -2.29. The van der Waals surface area contributed by atoms with Crippen LogP contribution in [0.3, 0.4) is 0 Å². The number of nitrogens with zero attached hydrogens (tertiary/aromatic N) is 1. The molecule has 30 heavy (non-hydrogen) atoms. The van der Waals surface area contributed by atoms with Gasteiger partial charge in [0.25, 0.3) is 5.91 Å². The fourth-order valence-electron chi connectivity index (χ4n) is 3.77. The summed E-state index contributed by atoms with van der Waals surface area (Å²) in [5.41, 5.74) is 2.88. The van der Waals surface area contributed by atoms with Crippen molar-refractivity contribution in [3.05, 3.63) is 53.1 Å². The second-order valence-electron chi connectivity index (χ2n) is 7.09. The molecule has 0 aromatic heterocycles. The summed E-state index contributed by atoms with van der Waals surface area (Å²) in [6, 6.07) is 9.12. The van der Waals surface area contributed by atoms with Gasteiger partial charge in [-0.25, -0.2) is 0 Å². The number of benzene rings is 2. The molecule has 3 amide bonds. The fraction of sp³-hybridized carbons (Fsp3) is 0.318. The van der Waals surface area contributed by atoms with E-state index in [1.165, 1.54) is 4.90 Å². The highest BCUT2D eigenvalue weighted by atomic mass is 16.5. The molecule has 2 aliphatic rings. The van der Waals surface area contributed by atoms with Crippen molar-refractivity contribution in [1.29, 1.82) is 0 Å². The Morgan fingerprint density at radius 3 is 2.70 bits per heavy atom. The zero-order valence-corrected chi connectivity index (χ0v) is 16.8. The van der Waals surface area contributed by atoms with Crippen molar-refractivity contribution in [2.75, 3.05) is 19.5 Å². The van der Waals surface area contributed by atoms with Crippen LogP contribution in [0.5, 0.6) is 11.5 Å². The summed E-state index contributed by atoms with van der Waals surface area (Å²) in [5.74, 6) is -0.308. The van der Waals surface area contributed by atoms with Gasteiger partial charge < -0.3 is 19.7 Å². The number of ether oxygens (including phenoxy) is 2. The molecule has 2 aromatic rings. The van der Waals surface area contributed by atoms with E-state index < -0.39 is 17.8 Å². The Balaban J connectivity index is 1.55. The van der Waals surface area contributed by atoms with E-state index in [1.54, 1.807) is 26.4 Å². The van der Waals surface area contributed by atoms with E-state index in [9.17, 15) is 14.4 Å². The molecule has 0 radical (unpaired) electrons. The highest BCUT2D eigenvalue weighted by molar-refractivity contribution is 6.06. The van der Waals surface area contributed by atoms with Crippen LogP contribution in [0.25, 0.3) is 0 Å². The lowest BCUT2D eigenvalue weighted by Crippen LogP contribution is -2.52. The van der Waals surface area contributed by atoms with Crippen molar-refractivity contribution in [2.45, 2.75) is 31.9 Å². The number of rotatable bonds is 6. The molecule has 2 heterocycles. The lowest BCUT2D eigenvalue weighted by molar-refractivity contribution is -0.136. The monoisotopic (exact) mass is 410 g/mol. The third-order valence-corrected chi connectivity index (χ3v) is 5.33. The molecule has 8 nitrogen and oxygen atoms in total. The molecule has 2 aromatic carbocycles. The number of nitrogens with one attached hydrogen (secondary N) is 2. The maximum absolute atomic E-state index is 13.0. The maximum Gasteiger partial charge on any atom is 0.255 e. The summed E-state index contributed by atoms with van der Waals surface area (Å²) < 4.78 is 19.2. The van der Waals surface area contributed by atoms with Gasteiger partial charge in [-0.2, -0.15) is 0 Å². The summed E-state index contributed by atoms with van der Waals surface area (Å²) in [5, 5.41) is 5.51. The smallest absolute Gasteiger partial charge is 0.255 e. The van der Waals surface area contributed by atoms with Crippen LogP contribution in [0.1, 0.15) is 35.7 Å². The van der Waals surface area contributed by atoms with Crippen molar-refractivity contribution in [3.8, 4) is 11.5 Å². The van der Waals surface area contributed by atoms with Crippen LogP contribution in [0, 0.1) is 0 Å². The first-order valence-electron chi connectivity index (χ1n) is 10.1. The second kappa shape index (κ2) is 8.06. The Morgan fingerprint density at radius 1 is 1.17 bits per heavy atom. The lowest BCUT2D eigenvalue weighted by atomic mass is 10.0. The van der Waals surface area contributed by atoms with Gasteiger partial charge in [-0.3, -0.25) is 19.7 Å².